The highest BCUT2D eigenvalue weighted by Gasteiger charge is 2.08. The molecular formula is C16H14N2O2. The second-order valence-corrected chi connectivity index (χ2v) is 4.61. The number of benzene rings is 2. The molecule has 0 saturated carbocycles. The van der Waals surface area contributed by atoms with Crippen LogP contribution in [-0.2, 0) is 12.8 Å². The van der Waals surface area contributed by atoms with Gasteiger partial charge in [-0.3, -0.25) is 0 Å². The van der Waals surface area contributed by atoms with Gasteiger partial charge < -0.3 is 9.63 Å². The van der Waals surface area contributed by atoms with Gasteiger partial charge in [0.05, 0.1) is 6.42 Å². The van der Waals surface area contributed by atoms with Gasteiger partial charge in [0.25, 0.3) is 0 Å². The van der Waals surface area contributed by atoms with E-state index in [2.05, 4.69) is 10.1 Å². The van der Waals surface area contributed by atoms with Crippen molar-refractivity contribution < 1.29 is 9.63 Å². The first-order valence-electron chi connectivity index (χ1n) is 6.43. The number of rotatable bonds is 4. The summed E-state index contributed by atoms with van der Waals surface area (Å²) in [6.07, 6.45) is 1.18. The molecule has 20 heavy (non-hydrogen) atoms. The Morgan fingerprint density at radius 3 is 2.50 bits per heavy atom. The highest BCUT2D eigenvalue weighted by Crippen LogP contribution is 2.15. The van der Waals surface area contributed by atoms with Crippen molar-refractivity contribution in [1.29, 1.82) is 0 Å². The van der Waals surface area contributed by atoms with E-state index in [-0.39, 0.29) is 5.75 Å². The van der Waals surface area contributed by atoms with Gasteiger partial charge in [0, 0.05) is 6.42 Å². The quantitative estimate of drug-likeness (QED) is 0.788. The van der Waals surface area contributed by atoms with Crippen LogP contribution in [0.25, 0.3) is 0 Å². The van der Waals surface area contributed by atoms with Crippen LogP contribution < -0.4 is 0 Å². The van der Waals surface area contributed by atoms with Gasteiger partial charge in [-0.05, 0) is 23.3 Å². The number of hydrogen-bond acceptors (Lipinski definition) is 4. The number of aromatic hydroxyl groups is 1. The lowest BCUT2D eigenvalue weighted by Gasteiger charge is -1.97. The molecule has 0 unspecified atom stereocenters. The molecule has 0 aliphatic carbocycles. The van der Waals surface area contributed by atoms with Crippen molar-refractivity contribution in [3.8, 4) is 5.75 Å². The van der Waals surface area contributed by atoms with Crippen molar-refractivity contribution in [1.82, 2.24) is 10.1 Å². The zero-order valence-corrected chi connectivity index (χ0v) is 10.9. The first-order valence-corrected chi connectivity index (χ1v) is 6.43. The summed E-state index contributed by atoms with van der Waals surface area (Å²) in [5, 5.41) is 13.4. The van der Waals surface area contributed by atoms with Gasteiger partial charge in [-0.15, -0.1) is 0 Å². The van der Waals surface area contributed by atoms with Crippen LogP contribution in [0.1, 0.15) is 22.8 Å². The number of phenols is 1. The average Bonchev–Trinajstić information content (AvgIpc) is 2.87. The minimum absolute atomic E-state index is 0.242. The van der Waals surface area contributed by atoms with Crippen molar-refractivity contribution in [2.45, 2.75) is 12.8 Å². The third kappa shape index (κ3) is 3.03. The molecule has 3 rings (SSSR count). The van der Waals surface area contributed by atoms with Crippen LogP contribution in [0.5, 0.6) is 5.75 Å². The van der Waals surface area contributed by atoms with Crippen molar-refractivity contribution >= 4 is 0 Å². The molecule has 0 spiro atoms. The van der Waals surface area contributed by atoms with Gasteiger partial charge in [0.2, 0.25) is 5.89 Å². The van der Waals surface area contributed by atoms with Gasteiger partial charge in [-0.25, -0.2) is 0 Å². The summed E-state index contributed by atoms with van der Waals surface area (Å²) in [6.45, 7) is 0. The highest BCUT2D eigenvalue weighted by molar-refractivity contribution is 5.28. The topological polar surface area (TPSA) is 59.2 Å². The fraction of sp³-hybridized carbons (Fsp3) is 0.125. The Morgan fingerprint density at radius 1 is 0.900 bits per heavy atom. The van der Waals surface area contributed by atoms with Gasteiger partial charge in [-0.1, -0.05) is 47.6 Å². The van der Waals surface area contributed by atoms with Gasteiger partial charge in [-0.2, -0.15) is 4.98 Å². The summed E-state index contributed by atoms with van der Waals surface area (Å²) < 4.78 is 5.24. The minimum atomic E-state index is 0.242. The molecule has 0 saturated heterocycles. The number of phenolic OH excluding ortho intramolecular Hbond substituents is 1. The van der Waals surface area contributed by atoms with Crippen LogP contribution in [0, 0.1) is 0 Å². The van der Waals surface area contributed by atoms with E-state index in [0.717, 1.165) is 11.1 Å². The van der Waals surface area contributed by atoms with Gasteiger partial charge >= 0.3 is 0 Å². The summed E-state index contributed by atoms with van der Waals surface area (Å²) in [5.74, 6) is 1.47. The molecule has 1 heterocycles. The van der Waals surface area contributed by atoms with E-state index in [1.807, 2.05) is 36.4 Å². The summed E-state index contributed by atoms with van der Waals surface area (Å²) in [5.41, 5.74) is 2.09. The van der Waals surface area contributed by atoms with Crippen molar-refractivity contribution in [2.75, 3.05) is 0 Å². The normalized spacial score (nSPS) is 10.6. The lowest BCUT2D eigenvalue weighted by atomic mass is 10.1. The Balaban J connectivity index is 1.71. The lowest BCUT2D eigenvalue weighted by molar-refractivity contribution is 0.380. The third-order valence-corrected chi connectivity index (χ3v) is 2.98. The molecule has 0 aliphatic rings. The maximum Gasteiger partial charge on any atom is 0.231 e. The van der Waals surface area contributed by atoms with Gasteiger partial charge in [0.1, 0.15) is 5.75 Å². The van der Waals surface area contributed by atoms with Crippen LogP contribution in [0.3, 0.4) is 0 Å². The lowest BCUT2D eigenvalue weighted by Crippen LogP contribution is -1.92. The molecule has 0 radical (unpaired) electrons. The van der Waals surface area contributed by atoms with Crippen molar-refractivity contribution in [3.63, 3.8) is 0 Å². The predicted octanol–water partition coefficient (Wildman–Crippen LogP) is 2.96. The summed E-state index contributed by atoms with van der Waals surface area (Å²) >= 11 is 0. The van der Waals surface area contributed by atoms with Gasteiger partial charge in [0.15, 0.2) is 5.82 Å². The monoisotopic (exact) mass is 266 g/mol. The Hall–Kier alpha value is -2.62. The maximum atomic E-state index is 9.42. The molecule has 1 aromatic heterocycles. The van der Waals surface area contributed by atoms with Crippen LogP contribution in [0.2, 0.25) is 0 Å². The number of nitrogens with zero attached hydrogens (tertiary/aromatic N) is 2. The summed E-state index contributed by atoms with van der Waals surface area (Å²) in [7, 11) is 0. The molecule has 0 amide bonds. The number of hydrogen-bond donors (Lipinski definition) is 1. The first kappa shape index (κ1) is 12.4. The smallest absolute Gasteiger partial charge is 0.231 e. The molecule has 1 N–H and O–H groups in total. The molecule has 0 atom stereocenters. The second-order valence-electron chi connectivity index (χ2n) is 4.61. The summed E-state index contributed by atoms with van der Waals surface area (Å²) in [4.78, 5) is 4.37. The maximum absolute atomic E-state index is 9.42. The fourth-order valence-electron chi connectivity index (χ4n) is 2.05. The molecule has 0 aliphatic heterocycles. The van der Waals surface area contributed by atoms with Crippen molar-refractivity contribution in [3.05, 3.63) is 77.4 Å². The van der Waals surface area contributed by atoms with Crippen molar-refractivity contribution in [2.24, 2.45) is 0 Å². The van der Waals surface area contributed by atoms with Crippen LogP contribution in [0.4, 0.5) is 0 Å². The second kappa shape index (κ2) is 5.57. The van der Waals surface area contributed by atoms with Crippen LogP contribution in [-0.4, -0.2) is 15.2 Å². The molecule has 0 bridgehead atoms. The van der Waals surface area contributed by atoms with E-state index in [1.165, 1.54) is 0 Å². The van der Waals surface area contributed by atoms with E-state index in [1.54, 1.807) is 18.2 Å². The van der Waals surface area contributed by atoms with E-state index >= 15 is 0 Å². The zero-order valence-electron chi connectivity index (χ0n) is 10.9. The van der Waals surface area contributed by atoms with E-state index in [4.69, 9.17) is 4.52 Å². The fourth-order valence-corrected chi connectivity index (χ4v) is 2.05. The molecule has 2 aromatic carbocycles. The van der Waals surface area contributed by atoms with E-state index < -0.39 is 0 Å². The predicted molar refractivity (Wildman–Crippen MR) is 74.5 cm³/mol. The Labute approximate surface area is 116 Å². The summed E-state index contributed by atoms with van der Waals surface area (Å²) in [6, 6.07) is 17.1. The molecular weight excluding hydrogens is 252 g/mol. The standard InChI is InChI=1S/C16H14N2O2/c19-14-8-4-7-13(9-14)11-16-17-15(18-20-16)10-12-5-2-1-3-6-12/h1-9,19H,10-11H2. The van der Waals surface area contributed by atoms with Crippen LogP contribution >= 0.6 is 0 Å². The SMILES string of the molecule is Oc1cccc(Cc2nc(Cc3ccccc3)no2)c1. The van der Waals surface area contributed by atoms with E-state index in [0.29, 0.717) is 24.6 Å². The van der Waals surface area contributed by atoms with Crippen LogP contribution in [0.15, 0.2) is 59.1 Å². The Bertz CT molecular complexity index is 692. The highest BCUT2D eigenvalue weighted by atomic mass is 16.5. The largest absolute Gasteiger partial charge is 0.508 e. The molecule has 100 valence electrons. The Morgan fingerprint density at radius 2 is 1.70 bits per heavy atom. The average molecular weight is 266 g/mol. The number of aromatic nitrogens is 2. The molecule has 4 nitrogen and oxygen atoms in total. The first-order chi connectivity index (χ1) is 9.79. The molecule has 4 heteroatoms. The zero-order chi connectivity index (χ0) is 13.8. The molecule has 3 aromatic rings. The minimum Gasteiger partial charge on any atom is -0.508 e. The van der Waals surface area contributed by atoms with E-state index in [9.17, 15) is 5.11 Å². The molecule has 0 fully saturated rings. The Kier molecular flexibility index (Phi) is 3.46. The third-order valence-electron chi connectivity index (χ3n) is 2.98.